The number of piperidine rings is 1. The van der Waals surface area contributed by atoms with E-state index in [1.807, 2.05) is 6.92 Å². The third-order valence-electron chi connectivity index (χ3n) is 5.64. The lowest BCUT2D eigenvalue weighted by molar-refractivity contribution is -0.137. The summed E-state index contributed by atoms with van der Waals surface area (Å²) in [5, 5.41) is 2.66. The van der Waals surface area contributed by atoms with Crippen molar-refractivity contribution < 1.29 is 13.2 Å². The predicted molar refractivity (Wildman–Crippen MR) is 124 cm³/mol. The Kier molecular flexibility index (Phi) is 6.66. The Morgan fingerprint density at radius 2 is 2.06 bits per heavy atom. The number of carbonyl (C=O) groups is 1. The van der Waals surface area contributed by atoms with E-state index in [2.05, 4.69) is 9.97 Å². The molecule has 4 rings (SSSR count). The normalized spacial score (nSPS) is 15.8. The molecule has 32 heavy (non-hydrogen) atoms. The maximum Gasteiger partial charge on any atom is 0.258 e. The second kappa shape index (κ2) is 9.30. The number of nitrogens with one attached hydrogen (secondary N) is 1. The van der Waals surface area contributed by atoms with Gasteiger partial charge in [0.1, 0.15) is 10.0 Å². The van der Waals surface area contributed by atoms with Crippen LogP contribution in [-0.4, -0.2) is 53.1 Å². The molecule has 170 valence electrons. The first-order chi connectivity index (χ1) is 15.3. The highest BCUT2D eigenvalue weighted by Gasteiger charge is 2.34. The van der Waals surface area contributed by atoms with E-state index in [4.69, 9.17) is 11.6 Å². The lowest BCUT2D eigenvalue weighted by Gasteiger charge is -2.33. The summed E-state index contributed by atoms with van der Waals surface area (Å²) in [6, 6.07) is 8.19. The van der Waals surface area contributed by atoms with Crippen molar-refractivity contribution in [2.45, 2.75) is 30.5 Å². The van der Waals surface area contributed by atoms with Crippen LogP contribution in [0.2, 0.25) is 5.02 Å². The summed E-state index contributed by atoms with van der Waals surface area (Å²) in [4.78, 5) is 34.4. The smallest absolute Gasteiger partial charge is 0.258 e. The van der Waals surface area contributed by atoms with E-state index in [1.165, 1.54) is 15.6 Å². The molecule has 0 spiro atoms. The largest absolute Gasteiger partial charge is 0.335 e. The molecule has 1 fully saturated rings. The Morgan fingerprint density at radius 1 is 1.31 bits per heavy atom. The van der Waals surface area contributed by atoms with Crippen molar-refractivity contribution in [1.82, 2.24) is 19.2 Å². The van der Waals surface area contributed by atoms with E-state index in [0.717, 1.165) is 0 Å². The van der Waals surface area contributed by atoms with Crippen LogP contribution < -0.4 is 5.56 Å². The number of carbonyl (C=O) groups excluding carboxylic acids is 1. The fourth-order valence-corrected chi connectivity index (χ4v) is 6.68. The van der Waals surface area contributed by atoms with Crippen molar-refractivity contribution in [3.63, 3.8) is 0 Å². The second-order valence-corrected chi connectivity index (χ2v) is 11.2. The molecule has 0 aliphatic carbocycles. The van der Waals surface area contributed by atoms with Crippen LogP contribution in [0.1, 0.15) is 25.6 Å². The fraction of sp³-hybridized carbons (Fsp3) is 0.381. The molecule has 0 atom stereocenters. The summed E-state index contributed by atoms with van der Waals surface area (Å²) < 4.78 is 27.2. The van der Waals surface area contributed by atoms with Crippen molar-refractivity contribution in [3.8, 4) is 0 Å². The number of aromatic nitrogens is 2. The summed E-state index contributed by atoms with van der Waals surface area (Å²) in [7, 11) is -3.50. The van der Waals surface area contributed by atoms with Gasteiger partial charge in [-0.05, 0) is 49.4 Å². The van der Waals surface area contributed by atoms with E-state index < -0.39 is 10.0 Å². The van der Waals surface area contributed by atoms with E-state index in [9.17, 15) is 18.0 Å². The third kappa shape index (κ3) is 4.59. The Bertz CT molecular complexity index is 1280. The van der Waals surface area contributed by atoms with Gasteiger partial charge < -0.3 is 9.88 Å². The number of hydrogen-bond donors (Lipinski definition) is 1. The van der Waals surface area contributed by atoms with Crippen molar-refractivity contribution in [2.75, 3.05) is 19.6 Å². The Morgan fingerprint density at radius 3 is 2.72 bits per heavy atom. The second-order valence-electron chi connectivity index (χ2n) is 7.64. The maximum absolute atomic E-state index is 13.1. The minimum Gasteiger partial charge on any atom is -0.335 e. The molecule has 0 unspecified atom stereocenters. The van der Waals surface area contributed by atoms with Gasteiger partial charge in [0.25, 0.3) is 15.6 Å². The number of fused-ring (bicyclic) bond motifs is 1. The number of benzene rings is 1. The molecule has 2 aromatic heterocycles. The number of halogens is 1. The first-order valence-electron chi connectivity index (χ1n) is 10.3. The molecule has 0 bridgehead atoms. The molecule has 1 aliphatic heterocycles. The molecular formula is C21H23ClN4O4S2. The lowest BCUT2D eigenvalue weighted by atomic mass is 9.96. The quantitative estimate of drug-likeness (QED) is 0.567. The monoisotopic (exact) mass is 494 g/mol. The van der Waals surface area contributed by atoms with Gasteiger partial charge >= 0.3 is 0 Å². The maximum atomic E-state index is 13.1. The van der Waals surface area contributed by atoms with Crippen LogP contribution in [0.5, 0.6) is 0 Å². The van der Waals surface area contributed by atoms with Gasteiger partial charge in [0.2, 0.25) is 5.91 Å². The highest BCUT2D eigenvalue weighted by Crippen LogP contribution is 2.27. The molecular weight excluding hydrogens is 472 g/mol. The Hall–Kier alpha value is -2.27. The Labute approximate surface area is 194 Å². The van der Waals surface area contributed by atoms with Gasteiger partial charge in [-0.15, -0.1) is 11.3 Å². The van der Waals surface area contributed by atoms with Crippen LogP contribution in [0.4, 0.5) is 0 Å². The van der Waals surface area contributed by atoms with E-state index in [-0.39, 0.29) is 23.9 Å². The highest BCUT2D eigenvalue weighted by molar-refractivity contribution is 7.91. The first kappa shape index (κ1) is 22.9. The number of rotatable bonds is 6. The van der Waals surface area contributed by atoms with Crippen LogP contribution in [0.15, 0.2) is 44.7 Å². The predicted octanol–water partition coefficient (Wildman–Crippen LogP) is 3.09. The van der Waals surface area contributed by atoms with Crippen molar-refractivity contribution >= 4 is 49.8 Å². The molecule has 3 heterocycles. The first-order valence-corrected chi connectivity index (χ1v) is 13.0. The molecule has 1 N–H and O–H groups in total. The molecule has 11 heteroatoms. The highest BCUT2D eigenvalue weighted by atomic mass is 35.5. The number of amides is 1. The number of H-pyrrole nitrogens is 1. The zero-order valence-electron chi connectivity index (χ0n) is 17.5. The molecule has 0 radical (unpaired) electrons. The Balaban J connectivity index is 1.45. The number of nitrogens with zero attached hydrogens (tertiary/aromatic N) is 3. The van der Waals surface area contributed by atoms with Gasteiger partial charge in [0.05, 0.1) is 17.4 Å². The van der Waals surface area contributed by atoms with E-state index in [1.54, 1.807) is 40.6 Å². The molecule has 1 aromatic carbocycles. The SMILES string of the molecule is CCN(Cc1nc2cc(Cl)ccc2c(=O)[nH]1)C(=O)C1CCN(S(=O)(=O)c2cccs2)CC1. The van der Waals surface area contributed by atoms with Crippen molar-refractivity contribution in [1.29, 1.82) is 0 Å². The van der Waals surface area contributed by atoms with Gasteiger partial charge in [0, 0.05) is 30.6 Å². The number of hydrogen-bond acceptors (Lipinski definition) is 6. The number of aromatic amines is 1. The standard InChI is InChI=1S/C21H23ClN4O4S2/c1-2-25(13-18-23-17-12-15(22)5-6-16(17)20(27)24-18)21(28)14-7-9-26(10-8-14)32(29,30)19-4-3-11-31-19/h3-6,11-12,14H,2,7-10,13H2,1H3,(H,23,24,27). The molecule has 8 nitrogen and oxygen atoms in total. The topological polar surface area (TPSA) is 103 Å². The lowest BCUT2D eigenvalue weighted by Crippen LogP contribution is -2.44. The summed E-state index contributed by atoms with van der Waals surface area (Å²) in [5.74, 6) is 0.0542. The summed E-state index contributed by atoms with van der Waals surface area (Å²) in [5.41, 5.74) is 0.198. The van der Waals surface area contributed by atoms with E-state index >= 15 is 0 Å². The van der Waals surface area contributed by atoms with Crippen molar-refractivity contribution in [2.24, 2.45) is 5.92 Å². The summed E-state index contributed by atoms with van der Waals surface area (Å²) >= 11 is 7.22. The van der Waals surface area contributed by atoms with Crippen LogP contribution in [0.25, 0.3) is 10.9 Å². The molecule has 1 aliphatic rings. The van der Waals surface area contributed by atoms with Crippen LogP contribution >= 0.6 is 22.9 Å². The third-order valence-corrected chi connectivity index (χ3v) is 9.15. The average Bonchev–Trinajstić information content (AvgIpc) is 3.33. The zero-order valence-corrected chi connectivity index (χ0v) is 19.8. The minimum atomic E-state index is -3.50. The summed E-state index contributed by atoms with van der Waals surface area (Å²) in [6.07, 6.45) is 0.911. The average molecular weight is 495 g/mol. The fourth-order valence-electron chi connectivity index (χ4n) is 3.90. The van der Waals surface area contributed by atoms with Crippen molar-refractivity contribution in [3.05, 3.63) is 56.9 Å². The molecule has 3 aromatic rings. The molecule has 0 saturated carbocycles. The van der Waals surface area contributed by atoms with Crippen LogP contribution in [-0.2, 0) is 21.4 Å². The zero-order chi connectivity index (χ0) is 22.9. The molecule has 1 amide bonds. The summed E-state index contributed by atoms with van der Waals surface area (Å²) in [6.45, 7) is 3.09. The minimum absolute atomic E-state index is 0.0606. The van der Waals surface area contributed by atoms with Gasteiger partial charge in [-0.2, -0.15) is 4.31 Å². The van der Waals surface area contributed by atoms with Gasteiger partial charge in [-0.3, -0.25) is 9.59 Å². The van der Waals surface area contributed by atoms with E-state index in [0.29, 0.717) is 58.4 Å². The van der Waals surface area contributed by atoms with Crippen LogP contribution in [0.3, 0.4) is 0 Å². The number of sulfonamides is 1. The van der Waals surface area contributed by atoms with Crippen LogP contribution in [0, 0.1) is 5.92 Å². The van der Waals surface area contributed by atoms with Gasteiger partial charge in [-0.25, -0.2) is 13.4 Å². The molecule has 1 saturated heterocycles. The van der Waals surface area contributed by atoms with Gasteiger partial charge in [0.15, 0.2) is 0 Å². The number of thiophene rings is 1. The van der Waals surface area contributed by atoms with Gasteiger partial charge in [-0.1, -0.05) is 17.7 Å².